The van der Waals surface area contributed by atoms with Crippen LogP contribution in [0.1, 0.15) is 56.1 Å². The third-order valence-corrected chi connectivity index (χ3v) is 6.41. The van der Waals surface area contributed by atoms with E-state index in [1.807, 2.05) is 24.3 Å². The fourth-order valence-corrected chi connectivity index (χ4v) is 4.75. The maximum Gasteiger partial charge on any atom is 0.407 e. The molecule has 0 heterocycles. The summed E-state index contributed by atoms with van der Waals surface area (Å²) in [5.74, 6) is -1.25. The summed E-state index contributed by atoms with van der Waals surface area (Å²) in [5.41, 5.74) is 3.99. The molecule has 7 heteroatoms. The smallest absolute Gasteiger partial charge is 0.407 e. The van der Waals surface area contributed by atoms with E-state index >= 15 is 0 Å². The van der Waals surface area contributed by atoms with Gasteiger partial charge in [-0.2, -0.15) is 0 Å². The van der Waals surface area contributed by atoms with Crippen molar-refractivity contribution in [2.45, 2.75) is 56.5 Å². The summed E-state index contributed by atoms with van der Waals surface area (Å²) in [7, 11) is 0. The Morgan fingerprint density at radius 2 is 1.66 bits per heavy atom. The molecule has 0 radical (unpaired) electrons. The highest BCUT2D eigenvalue weighted by molar-refractivity contribution is 5.81. The van der Waals surface area contributed by atoms with E-state index < -0.39 is 23.6 Å². The van der Waals surface area contributed by atoms with Crippen LogP contribution in [0.3, 0.4) is 0 Å². The summed E-state index contributed by atoms with van der Waals surface area (Å²) in [6.07, 6.45) is 1.75. The van der Waals surface area contributed by atoms with E-state index in [4.69, 9.17) is 9.84 Å². The number of hydrogen-bond donors (Lipinski definition) is 3. The van der Waals surface area contributed by atoms with Gasteiger partial charge in [0.15, 0.2) is 0 Å². The minimum absolute atomic E-state index is 0.0225. The zero-order valence-corrected chi connectivity index (χ0v) is 18.1. The number of fused-ring (bicyclic) bond motifs is 3. The van der Waals surface area contributed by atoms with Gasteiger partial charge >= 0.3 is 12.1 Å². The first-order chi connectivity index (χ1) is 15.4. The van der Waals surface area contributed by atoms with Crippen LogP contribution in [0.4, 0.5) is 4.79 Å². The molecule has 0 spiro atoms. The van der Waals surface area contributed by atoms with Gasteiger partial charge in [0.1, 0.15) is 6.61 Å². The van der Waals surface area contributed by atoms with Gasteiger partial charge in [0.25, 0.3) is 0 Å². The molecule has 2 amide bonds. The number of hydrogen-bond acceptors (Lipinski definition) is 4. The molecule has 0 unspecified atom stereocenters. The zero-order chi connectivity index (χ0) is 22.7. The molecule has 4 rings (SSSR count). The van der Waals surface area contributed by atoms with Crippen LogP contribution in [0, 0.1) is 0 Å². The van der Waals surface area contributed by atoms with Crippen molar-refractivity contribution >= 4 is 18.0 Å². The largest absolute Gasteiger partial charge is 0.481 e. The Kier molecular flexibility index (Phi) is 6.17. The minimum Gasteiger partial charge on any atom is -0.481 e. The van der Waals surface area contributed by atoms with Crippen molar-refractivity contribution in [3.63, 3.8) is 0 Å². The second kappa shape index (κ2) is 9.02. The SMILES string of the molecule is C[C@H](CC(=O)O)NC(=O)CC1(NC(=O)OCC2c3ccccc3-c3ccccc32)CCC1. The van der Waals surface area contributed by atoms with Crippen molar-refractivity contribution in [3.8, 4) is 11.1 Å². The monoisotopic (exact) mass is 436 g/mol. The van der Waals surface area contributed by atoms with Crippen LogP contribution in [0.2, 0.25) is 0 Å². The molecular formula is C25H28N2O5. The Bertz CT molecular complexity index is 985. The number of benzene rings is 2. The fraction of sp³-hybridized carbons (Fsp3) is 0.400. The van der Waals surface area contributed by atoms with E-state index in [9.17, 15) is 14.4 Å². The van der Waals surface area contributed by atoms with Crippen LogP contribution >= 0.6 is 0 Å². The number of carbonyl (C=O) groups is 3. The summed E-state index contributed by atoms with van der Waals surface area (Å²) in [6, 6.07) is 15.8. The van der Waals surface area contributed by atoms with Crippen LogP contribution in [0.5, 0.6) is 0 Å². The Morgan fingerprint density at radius 1 is 1.06 bits per heavy atom. The second-order valence-electron chi connectivity index (χ2n) is 8.83. The molecule has 0 bridgehead atoms. The average Bonchev–Trinajstić information content (AvgIpc) is 3.03. The summed E-state index contributed by atoms with van der Waals surface area (Å²) in [4.78, 5) is 35.8. The fourth-order valence-electron chi connectivity index (χ4n) is 4.75. The van der Waals surface area contributed by atoms with Crippen molar-refractivity contribution in [3.05, 3.63) is 59.7 Å². The minimum atomic E-state index is -0.965. The number of aliphatic carboxylic acids is 1. The molecule has 2 aliphatic carbocycles. The van der Waals surface area contributed by atoms with Gasteiger partial charge in [-0.25, -0.2) is 4.79 Å². The molecule has 1 saturated carbocycles. The average molecular weight is 437 g/mol. The van der Waals surface area contributed by atoms with Crippen LogP contribution in [-0.4, -0.2) is 41.3 Å². The lowest BCUT2D eigenvalue weighted by molar-refractivity contribution is -0.137. The van der Waals surface area contributed by atoms with Crippen molar-refractivity contribution in [1.82, 2.24) is 10.6 Å². The first-order valence-electron chi connectivity index (χ1n) is 11.0. The maximum atomic E-state index is 12.6. The van der Waals surface area contributed by atoms with Crippen molar-refractivity contribution in [1.29, 1.82) is 0 Å². The number of rotatable bonds is 8. The summed E-state index contributed by atoms with van der Waals surface area (Å²) < 4.78 is 5.63. The molecule has 32 heavy (non-hydrogen) atoms. The van der Waals surface area contributed by atoms with Gasteiger partial charge in [-0.3, -0.25) is 9.59 Å². The van der Waals surface area contributed by atoms with Gasteiger partial charge in [0.2, 0.25) is 5.91 Å². The Hall–Kier alpha value is -3.35. The van der Waals surface area contributed by atoms with E-state index in [1.165, 1.54) is 11.1 Å². The number of nitrogens with one attached hydrogen (secondary N) is 2. The number of carbonyl (C=O) groups excluding carboxylic acids is 2. The Labute approximate surface area is 187 Å². The van der Waals surface area contributed by atoms with Crippen molar-refractivity contribution < 1.29 is 24.2 Å². The summed E-state index contributed by atoms with van der Waals surface area (Å²) >= 11 is 0. The van der Waals surface area contributed by atoms with E-state index in [1.54, 1.807) is 6.92 Å². The third kappa shape index (κ3) is 4.61. The molecule has 2 aromatic carbocycles. The highest BCUT2D eigenvalue weighted by atomic mass is 16.5. The van der Waals surface area contributed by atoms with Crippen LogP contribution in [0.25, 0.3) is 11.1 Å². The first kappa shape index (κ1) is 21.9. The van der Waals surface area contributed by atoms with Crippen LogP contribution in [-0.2, 0) is 14.3 Å². The normalized spacial score (nSPS) is 16.8. The highest BCUT2D eigenvalue weighted by Gasteiger charge is 2.41. The van der Waals surface area contributed by atoms with E-state index in [0.717, 1.165) is 17.5 Å². The van der Waals surface area contributed by atoms with E-state index in [2.05, 4.69) is 34.9 Å². The summed E-state index contributed by atoms with van der Waals surface area (Å²) in [6.45, 7) is 1.87. The highest BCUT2D eigenvalue weighted by Crippen LogP contribution is 2.44. The molecule has 3 N–H and O–H groups in total. The van der Waals surface area contributed by atoms with Crippen LogP contribution in [0.15, 0.2) is 48.5 Å². The first-order valence-corrected chi connectivity index (χ1v) is 11.0. The number of ether oxygens (including phenoxy) is 1. The quantitative estimate of drug-likeness (QED) is 0.584. The number of amides is 2. The van der Waals surface area contributed by atoms with E-state index in [-0.39, 0.29) is 31.3 Å². The van der Waals surface area contributed by atoms with Gasteiger partial charge in [0.05, 0.1) is 12.0 Å². The molecule has 0 aliphatic heterocycles. The van der Waals surface area contributed by atoms with Crippen molar-refractivity contribution in [2.24, 2.45) is 0 Å². The molecule has 7 nitrogen and oxygen atoms in total. The molecule has 2 aromatic rings. The molecular weight excluding hydrogens is 408 g/mol. The Morgan fingerprint density at radius 3 is 2.19 bits per heavy atom. The number of carboxylic acid groups (broad SMARTS) is 1. The zero-order valence-electron chi connectivity index (χ0n) is 18.1. The molecule has 1 atom stereocenters. The van der Waals surface area contributed by atoms with Gasteiger partial charge in [-0.1, -0.05) is 48.5 Å². The molecule has 0 aromatic heterocycles. The number of alkyl carbamates (subject to hydrolysis) is 1. The van der Waals surface area contributed by atoms with Crippen molar-refractivity contribution in [2.75, 3.05) is 6.61 Å². The van der Waals surface area contributed by atoms with Gasteiger partial charge in [-0.05, 0) is 48.4 Å². The van der Waals surface area contributed by atoms with Gasteiger partial charge in [-0.15, -0.1) is 0 Å². The summed E-state index contributed by atoms with van der Waals surface area (Å²) in [5, 5.41) is 14.5. The topological polar surface area (TPSA) is 105 Å². The lowest BCUT2D eigenvalue weighted by Crippen LogP contribution is -2.56. The van der Waals surface area contributed by atoms with Crippen LogP contribution < -0.4 is 10.6 Å². The standard InChI is InChI=1S/C25H28N2O5/c1-16(13-23(29)30)26-22(28)14-25(11-6-12-25)27-24(31)32-15-21-19-9-4-2-7-17(19)18-8-3-5-10-20(18)21/h2-5,7-10,16,21H,6,11-15H2,1H3,(H,26,28)(H,27,31)(H,29,30)/t16-/m1/s1. The predicted molar refractivity (Wildman–Crippen MR) is 119 cm³/mol. The third-order valence-electron chi connectivity index (χ3n) is 6.41. The lowest BCUT2D eigenvalue weighted by atomic mass is 9.74. The number of carboxylic acids is 1. The predicted octanol–water partition coefficient (Wildman–Crippen LogP) is 3.82. The molecule has 0 saturated heterocycles. The van der Waals surface area contributed by atoms with E-state index in [0.29, 0.717) is 12.8 Å². The molecule has 2 aliphatic rings. The van der Waals surface area contributed by atoms with Gasteiger partial charge in [0, 0.05) is 18.4 Å². The Balaban J connectivity index is 1.35. The maximum absolute atomic E-state index is 12.6. The lowest BCUT2D eigenvalue weighted by Gasteiger charge is -2.41. The second-order valence-corrected chi connectivity index (χ2v) is 8.83. The van der Waals surface area contributed by atoms with Gasteiger partial charge < -0.3 is 20.5 Å². The molecule has 168 valence electrons. The molecule has 1 fully saturated rings.